The number of rotatable bonds is 12. The normalized spacial score (nSPS) is 20.5. The number of benzene rings is 2. The average molecular weight is 701 g/mol. The monoisotopic (exact) mass is 700 g/mol. The highest BCUT2D eigenvalue weighted by molar-refractivity contribution is 6.07. The summed E-state index contributed by atoms with van der Waals surface area (Å²) in [5.74, 6) is 0.523. The number of amides is 3. The molecule has 3 amide bonds. The van der Waals surface area contributed by atoms with Gasteiger partial charge in [-0.15, -0.1) is 0 Å². The largest absolute Gasteiger partial charge is 0.493 e. The van der Waals surface area contributed by atoms with Crippen molar-refractivity contribution in [1.29, 1.82) is 0 Å². The van der Waals surface area contributed by atoms with Gasteiger partial charge in [0.2, 0.25) is 0 Å². The number of imide groups is 1. The molecule has 1 saturated carbocycles. The Hall–Kier alpha value is -3.68. The van der Waals surface area contributed by atoms with Crippen molar-refractivity contribution in [3.05, 3.63) is 52.6 Å². The summed E-state index contributed by atoms with van der Waals surface area (Å²) in [6.07, 6.45) is -6.94. The van der Waals surface area contributed by atoms with Crippen LogP contribution in [0.5, 0.6) is 17.2 Å². The molecule has 5 rings (SSSR count). The topological polar surface area (TPSA) is 97.3 Å². The molecule has 8 nitrogen and oxygen atoms in total. The van der Waals surface area contributed by atoms with Crippen molar-refractivity contribution in [2.75, 3.05) is 26.4 Å². The number of hydrogen-bond donors (Lipinski definition) is 2. The summed E-state index contributed by atoms with van der Waals surface area (Å²) in [6, 6.07) is 6.15. The minimum absolute atomic E-state index is 0.0450. The van der Waals surface area contributed by atoms with E-state index in [1.165, 1.54) is 0 Å². The first kappa shape index (κ1) is 36.6. The molecular weight excluding hydrogens is 658 g/mol. The summed E-state index contributed by atoms with van der Waals surface area (Å²) in [5, 5.41) is 13.1. The lowest BCUT2D eigenvalue weighted by molar-refractivity contribution is -0.376. The van der Waals surface area contributed by atoms with E-state index in [2.05, 4.69) is 5.32 Å². The van der Waals surface area contributed by atoms with E-state index in [0.29, 0.717) is 62.4 Å². The van der Waals surface area contributed by atoms with Crippen molar-refractivity contribution in [2.24, 2.45) is 0 Å². The Kier molecular flexibility index (Phi) is 10.7. The summed E-state index contributed by atoms with van der Waals surface area (Å²) in [5.41, 5.74) is -6.64. The maximum absolute atomic E-state index is 13.9. The van der Waals surface area contributed by atoms with Crippen LogP contribution < -0.4 is 19.5 Å². The standard InChI is InChI=1S/C35H42F6N2O6/c1-3-10-23-19-25(33(46,34(36,37)38)35(39,40)41)20-26(22-11-6-5-7-12-22)29(23)49-16-9-8-15-43-30(44)32(4-2,42-31(43)45)24-13-14-27-28(21-24)48-18-17-47-27/h13-14,19-22,46H,3-12,15-18H2,1-2H3,(H,42,45). The summed E-state index contributed by atoms with van der Waals surface area (Å²) in [6.45, 7) is 4.42. The van der Waals surface area contributed by atoms with E-state index < -0.39 is 41.0 Å². The fraction of sp³-hybridized carbons (Fsp3) is 0.600. The molecule has 14 heteroatoms. The Morgan fingerprint density at radius 3 is 2.24 bits per heavy atom. The van der Waals surface area contributed by atoms with Crippen LogP contribution in [0.15, 0.2) is 30.3 Å². The van der Waals surface area contributed by atoms with E-state index in [9.17, 15) is 41.0 Å². The van der Waals surface area contributed by atoms with E-state index in [1.54, 1.807) is 32.0 Å². The van der Waals surface area contributed by atoms with Crippen LogP contribution in [0.4, 0.5) is 31.1 Å². The maximum Gasteiger partial charge on any atom is 0.430 e. The second-order valence-corrected chi connectivity index (χ2v) is 12.9. The van der Waals surface area contributed by atoms with Crippen molar-refractivity contribution in [1.82, 2.24) is 10.2 Å². The number of aryl methyl sites for hydroxylation is 1. The van der Waals surface area contributed by atoms with Gasteiger partial charge in [0, 0.05) is 12.1 Å². The van der Waals surface area contributed by atoms with E-state index in [4.69, 9.17) is 14.2 Å². The fourth-order valence-corrected chi connectivity index (χ4v) is 7.08. The zero-order chi connectivity index (χ0) is 35.6. The number of alkyl halides is 6. The highest BCUT2D eigenvalue weighted by Gasteiger charge is 2.71. The SMILES string of the molecule is CCCc1cc(C(O)(C(F)(F)F)C(F)(F)F)cc(C2CCCCC2)c1OCCCCN1C(=O)NC(CC)(c2ccc3c(c2)OCCO3)C1=O. The van der Waals surface area contributed by atoms with Gasteiger partial charge in [-0.3, -0.25) is 9.69 Å². The van der Waals surface area contributed by atoms with Crippen molar-refractivity contribution in [3.63, 3.8) is 0 Å². The molecule has 1 unspecified atom stereocenters. The number of halogens is 6. The minimum Gasteiger partial charge on any atom is -0.493 e. The van der Waals surface area contributed by atoms with Crippen LogP contribution in [0.1, 0.15) is 99.8 Å². The van der Waals surface area contributed by atoms with Crippen LogP contribution in [-0.2, 0) is 22.4 Å². The Bertz CT molecular complexity index is 1510. The van der Waals surface area contributed by atoms with Crippen molar-refractivity contribution < 1.29 is 55.2 Å². The molecule has 2 aromatic carbocycles. The van der Waals surface area contributed by atoms with Gasteiger partial charge in [0.15, 0.2) is 11.5 Å². The molecule has 49 heavy (non-hydrogen) atoms. The third kappa shape index (κ3) is 6.89. The molecule has 0 aromatic heterocycles. The second-order valence-electron chi connectivity index (χ2n) is 12.9. The summed E-state index contributed by atoms with van der Waals surface area (Å²) < 4.78 is 101. The number of ether oxygens (including phenoxy) is 3. The van der Waals surface area contributed by atoms with E-state index in [1.807, 2.05) is 0 Å². The molecule has 0 radical (unpaired) electrons. The summed E-state index contributed by atoms with van der Waals surface area (Å²) >= 11 is 0. The number of fused-ring (bicyclic) bond motifs is 1. The number of aliphatic hydroxyl groups is 1. The van der Waals surface area contributed by atoms with E-state index >= 15 is 0 Å². The van der Waals surface area contributed by atoms with E-state index in [-0.39, 0.29) is 48.8 Å². The highest BCUT2D eigenvalue weighted by atomic mass is 19.4. The lowest BCUT2D eigenvalue weighted by Crippen LogP contribution is -2.54. The van der Waals surface area contributed by atoms with Crippen LogP contribution in [0, 0.1) is 0 Å². The van der Waals surface area contributed by atoms with Gasteiger partial charge in [-0.2, -0.15) is 26.3 Å². The third-order valence-electron chi connectivity index (χ3n) is 9.76. The van der Waals surface area contributed by atoms with Gasteiger partial charge in [-0.1, -0.05) is 45.6 Å². The zero-order valence-corrected chi connectivity index (χ0v) is 27.6. The van der Waals surface area contributed by atoms with Gasteiger partial charge in [-0.25, -0.2) is 4.79 Å². The van der Waals surface area contributed by atoms with Crippen molar-refractivity contribution in [2.45, 2.75) is 107 Å². The number of carbonyl (C=O) groups is 2. The Morgan fingerprint density at radius 1 is 0.939 bits per heavy atom. The molecule has 2 N–H and O–H groups in total. The predicted molar refractivity (Wildman–Crippen MR) is 167 cm³/mol. The molecule has 1 atom stereocenters. The number of unbranched alkanes of at least 4 members (excludes halogenated alkanes) is 1. The van der Waals surface area contributed by atoms with E-state index in [0.717, 1.165) is 36.3 Å². The molecule has 3 aliphatic rings. The van der Waals surface area contributed by atoms with Crippen LogP contribution >= 0.6 is 0 Å². The van der Waals surface area contributed by atoms with Gasteiger partial charge in [-0.05, 0) is 85.4 Å². The van der Waals surface area contributed by atoms with Crippen LogP contribution in [0.25, 0.3) is 0 Å². The second kappa shape index (κ2) is 14.3. The van der Waals surface area contributed by atoms with Gasteiger partial charge in [0.1, 0.15) is 24.5 Å². The van der Waals surface area contributed by atoms with Crippen molar-refractivity contribution in [3.8, 4) is 17.2 Å². The number of carbonyl (C=O) groups excluding carboxylic acids is 2. The first-order chi connectivity index (χ1) is 23.2. The smallest absolute Gasteiger partial charge is 0.430 e. The molecule has 0 spiro atoms. The number of urea groups is 1. The molecule has 1 aliphatic carbocycles. The first-order valence-corrected chi connectivity index (χ1v) is 16.9. The molecule has 2 heterocycles. The van der Waals surface area contributed by atoms with Crippen LogP contribution in [0.2, 0.25) is 0 Å². The summed E-state index contributed by atoms with van der Waals surface area (Å²) in [4.78, 5) is 27.8. The van der Waals surface area contributed by atoms with Crippen LogP contribution in [-0.4, -0.2) is 60.7 Å². The number of hydrogen-bond acceptors (Lipinski definition) is 6. The molecule has 1 saturated heterocycles. The lowest BCUT2D eigenvalue weighted by atomic mass is 9.79. The predicted octanol–water partition coefficient (Wildman–Crippen LogP) is 7.79. The Balaban J connectivity index is 1.33. The molecular formula is C35H42F6N2O6. The lowest BCUT2D eigenvalue weighted by Gasteiger charge is -2.35. The molecule has 0 bridgehead atoms. The molecule has 2 aliphatic heterocycles. The van der Waals surface area contributed by atoms with Crippen LogP contribution in [0.3, 0.4) is 0 Å². The average Bonchev–Trinajstić information content (AvgIpc) is 3.32. The number of nitrogens with zero attached hydrogens (tertiary/aromatic N) is 1. The number of nitrogens with one attached hydrogen (secondary N) is 1. The van der Waals surface area contributed by atoms with Gasteiger partial charge in [0.05, 0.1) is 6.61 Å². The van der Waals surface area contributed by atoms with Gasteiger partial charge in [0.25, 0.3) is 11.5 Å². The van der Waals surface area contributed by atoms with Gasteiger partial charge >= 0.3 is 18.4 Å². The minimum atomic E-state index is -6.00. The molecule has 270 valence electrons. The van der Waals surface area contributed by atoms with Crippen molar-refractivity contribution >= 4 is 11.9 Å². The third-order valence-corrected chi connectivity index (χ3v) is 9.76. The summed E-state index contributed by atoms with van der Waals surface area (Å²) in [7, 11) is 0. The zero-order valence-electron chi connectivity index (χ0n) is 27.6. The highest BCUT2D eigenvalue weighted by Crippen LogP contribution is 2.52. The fourth-order valence-electron chi connectivity index (χ4n) is 7.08. The maximum atomic E-state index is 13.9. The van der Waals surface area contributed by atoms with Gasteiger partial charge < -0.3 is 24.6 Å². The molecule has 2 aromatic rings. The Morgan fingerprint density at radius 2 is 1.61 bits per heavy atom. The Labute approximate surface area is 281 Å². The quantitative estimate of drug-likeness (QED) is 0.133. The first-order valence-electron chi connectivity index (χ1n) is 16.9. The molecule has 2 fully saturated rings.